The Morgan fingerprint density at radius 3 is 2.88 bits per heavy atom. The molecule has 0 saturated heterocycles. The van der Waals surface area contributed by atoms with Crippen molar-refractivity contribution in [3.8, 4) is 0 Å². The SMILES string of the molecule is Cc1nsc(SCCNCc2ccc(C)s2)n1. The van der Waals surface area contributed by atoms with Crippen LogP contribution >= 0.6 is 34.6 Å². The van der Waals surface area contributed by atoms with Gasteiger partial charge in [-0.3, -0.25) is 0 Å². The normalized spacial score (nSPS) is 10.9. The third-order valence-corrected chi connectivity index (χ3v) is 5.04. The third kappa shape index (κ3) is 4.39. The first-order valence-corrected chi connectivity index (χ1v) is 8.01. The zero-order valence-corrected chi connectivity index (χ0v) is 12.3. The average Bonchev–Trinajstić information content (AvgIpc) is 2.88. The maximum absolute atomic E-state index is 4.31. The van der Waals surface area contributed by atoms with Gasteiger partial charge in [-0.25, -0.2) is 4.98 Å². The summed E-state index contributed by atoms with van der Waals surface area (Å²) in [5, 5.41) is 3.44. The van der Waals surface area contributed by atoms with Crippen molar-refractivity contribution in [1.29, 1.82) is 0 Å². The van der Waals surface area contributed by atoms with Gasteiger partial charge in [0.25, 0.3) is 0 Å². The minimum absolute atomic E-state index is 0.875. The van der Waals surface area contributed by atoms with Crippen LogP contribution in [-0.2, 0) is 6.54 Å². The molecule has 0 aliphatic rings. The molecule has 0 aromatic carbocycles. The second kappa shape index (κ2) is 6.49. The molecule has 0 aliphatic heterocycles. The second-order valence-corrected chi connectivity index (χ2v) is 7.11. The van der Waals surface area contributed by atoms with Crippen LogP contribution in [0.1, 0.15) is 15.6 Å². The quantitative estimate of drug-likeness (QED) is 0.654. The molecule has 0 saturated carbocycles. The van der Waals surface area contributed by atoms with Gasteiger partial charge >= 0.3 is 0 Å². The van der Waals surface area contributed by atoms with E-state index in [2.05, 4.69) is 33.7 Å². The van der Waals surface area contributed by atoms with E-state index in [0.717, 1.165) is 29.0 Å². The Bertz CT molecular complexity index is 422. The molecular formula is C11H15N3S3. The molecule has 0 amide bonds. The zero-order valence-electron chi connectivity index (χ0n) is 9.90. The Morgan fingerprint density at radius 2 is 2.24 bits per heavy atom. The molecule has 0 unspecified atom stereocenters. The Kier molecular flexibility index (Phi) is 4.97. The van der Waals surface area contributed by atoms with Crippen molar-refractivity contribution < 1.29 is 0 Å². The number of rotatable bonds is 6. The van der Waals surface area contributed by atoms with Crippen molar-refractivity contribution >= 4 is 34.6 Å². The lowest BCUT2D eigenvalue weighted by atomic mass is 10.4. The predicted molar refractivity (Wildman–Crippen MR) is 76.1 cm³/mol. The Labute approximate surface area is 114 Å². The van der Waals surface area contributed by atoms with E-state index in [4.69, 9.17) is 0 Å². The van der Waals surface area contributed by atoms with E-state index in [1.807, 2.05) is 18.3 Å². The molecule has 0 aliphatic carbocycles. The van der Waals surface area contributed by atoms with Gasteiger partial charge in [0.2, 0.25) is 0 Å². The lowest BCUT2D eigenvalue weighted by Crippen LogP contribution is -2.15. The molecule has 0 spiro atoms. The van der Waals surface area contributed by atoms with Crippen molar-refractivity contribution in [2.45, 2.75) is 24.7 Å². The molecular weight excluding hydrogens is 270 g/mol. The standard InChI is InChI=1S/C11H15N3S3/c1-8-3-4-10(16-8)7-12-5-6-15-11-13-9(2)14-17-11/h3-4,12H,5-7H2,1-2H3. The topological polar surface area (TPSA) is 37.8 Å². The van der Waals surface area contributed by atoms with E-state index >= 15 is 0 Å². The fourth-order valence-corrected chi connectivity index (χ4v) is 3.81. The first-order chi connectivity index (χ1) is 8.24. The number of hydrogen-bond acceptors (Lipinski definition) is 6. The van der Waals surface area contributed by atoms with Crippen LogP contribution in [0.25, 0.3) is 0 Å². The lowest BCUT2D eigenvalue weighted by Gasteiger charge is -2.00. The Hall–Kier alpha value is -0.430. The van der Waals surface area contributed by atoms with Crippen LogP contribution in [0, 0.1) is 13.8 Å². The summed E-state index contributed by atoms with van der Waals surface area (Å²) in [4.78, 5) is 7.09. The summed E-state index contributed by atoms with van der Waals surface area (Å²) in [5.74, 6) is 1.92. The van der Waals surface area contributed by atoms with E-state index in [0.29, 0.717) is 0 Å². The molecule has 2 heterocycles. The molecule has 2 aromatic heterocycles. The van der Waals surface area contributed by atoms with Crippen molar-refractivity contribution in [1.82, 2.24) is 14.7 Å². The summed E-state index contributed by atoms with van der Waals surface area (Å²) in [6.45, 7) is 6.04. The minimum Gasteiger partial charge on any atom is -0.311 e. The number of thioether (sulfide) groups is 1. The van der Waals surface area contributed by atoms with Crippen molar-refractivity contribution in [2.24, 2.45) is 0 Å². The Balaban J connectivity index is 1.60. The summed E-state index contributed by atoms with van der Waals surface area (Å²) in [7, 11) is 0. The van der Waals surface area contributed by atoms with Gasteiger partial charge in [-0.15, -0.1) is 11.3 Å². The van der Waals surface area contributed by atoms with Gasteiger partial charge in [-0.2, -0.15) is 4.37 Å². The van der Waals surface area contributed by atoms with Crippen molar-refractivity contribution in [3.05, 3.63) is 27.7 Å². The fourth-order valence-electron chi connectivity index (χ4n) is 1.34. The summed E-state index contributed by atoms with van der Waals surface area (Å²) >= 11 is 5.11. The summed E-state index contributed by atoms with van der Waals surface area (Å²) in [6.07, 6.45) is 0. The molecule has 0 radical (unpaired) electrons. The van der Waals surface area contributed by atoms with Gasteiger partial charge in [-0.05, 0) is 37.5 Å². The summed E-state index contributed by atoms with van der Waals surface area (Å²) in [6, 6.07) is 4.36. The second-order valence-electron chi connectivity index (χ2n) is 3.65. The number of nitrogens with zero attached hydrogens (tertiary/aromatic N) is 2. The van der Waals surface area contributed by atoms with Gasteiger partial charge in [-0.1, -0.05) is 11.8 Å². The van der Waals surface area contributed by atoms with E-state index in [1.165, 1.54) is 21.3 Å². The highest BCUT2D eigenvalue weighted by atomic mass is 32.2. The highest BCUT2D eigenvalue weighted by Crippen LogP contribution is 2.19. The van der Waals surface area contributed by atoms with Crippen LogP contribution in [0.4, 0.5) is 0 Å². The highest BCUT2D eigenvalue weighted by molar-refractivity contribution is 8.00. The fraction of sp³-hybridized carbons (Fsp3) is 0.455. The molecule has 17 heavy (non-hydrogen) atoms. The first kappa shape index (κ1) is 13.0. The smallest absolute Gasteiger partial charge is 0.170 e. The first-order valence-electron chi connectivity index (χ1n) is 5.43. The van der Waals surface area contributed by atoms with E-state index in [-0.39, 0.29) is 0 Å². The molecule has 2 aromatic rings. The summed E-state index contributed by atoms with van der Waals surface area (Å²) < 4.78 is 5.22. The van der Waals surface area contributed by atoms with Crippen molar-refractivity contribution in [3.63, 3.8) is 0 Å². The zero-order chi connectivity index (χ0) is 12.1. The molecule has 92 valence electrons. The number of aromatic nitrogens is 2. The van der Waals surface area contributed by atoms with Crippen LogP contribution < -0.4 is 5.32 Å². The monoisotopic (exact) mass is 285 g/mol. The minimum atomic E-state index is 0.875. The number of aryl methyl sites for hydroxylation is 2. The van der Waals surface area contributed by atoms with Crippen molar-refractivity contribution in [2.75, 3.05) is 12.3 Å². The summed E-state index contributed by atoms with van der Waals surface area (Å²) in [5.41, 5.74) is 0. The molecule has 0 bridgehead atoms. The predicted octanol–water partition coefficient (Wildman–Crippen LogP) is 3.10. The van der Waals surface area contributed by atoms with Crippen LogP contribution in [0.2, 0.25) is 0 Å². The van der Waals surface area contributed by atoms with Crippen LogP contribution in [0.3, 0.4) is 0 Å². The maximum Gasteiger partial charge on any atom is 0.170 e. The molecule has 0 atom stereocenters. The molecule has 0 fully saturated rings. The number of hydrogen-bond donors (Lipinski definition) is 1. The van der Waals surface area contributed by atoms with E-state index in [9.17, 15) is 0 Å². The largest absolute Gasteiger partial charge is 0.311 e. The van der Waals surface area contributed by atoms with Crippen LogP contribution in [0.5, 0.6) is 0 Å². The number of thiophene rings is 1. The van der Waals surface area contributed by atoms with Gasteiger partial charge in [0.1, 0.15) is 5.82 Å². The lowest BCUT2D eigenvalue weighted by molar-refractivity contribution is 0.741. The number of nitrogens with one attached hydrogen (secondary N) is 1. The van der Waals surface area contributed by atoms with E-state index in [1.54, 1.807) is 11.8 Å². The maximum atomic E-state index is 4.31. The Morgan fingerprint density at radius 1 is 1.35 bits per heavy atom. The van der Waals surface area contributed by atoms with Crippen LogP contribution in [0.15, 0.2) is 16.5 Å². The van der Waals surface area contributed by atoms with Gasteiger partial charge in [0.15, 0.2) is 4.34 Å². The van der Waals surface area contributed by atoms with E-state index < -0.39 is 0 Å². The molecule has 2 rings (SSSR count). The van der Waals surface area contributed by atoms with Gasteiger partial charge in [0.05, 0.1) is 0 Å². The average molecular weight is 285 g/mol. The van der Waals surface area contributed by atoms with Gasteiger partial charge < -0.3 is 5.32 Å². The molecule has 3 nitrogen and oxygen atoms in total. The molecule has 6 heteroatoms. The highest BCUT2D eigenvalue weighted by Gasteiger charge is 2.00. The molecule has 1 N–H and O–H groups in total. The van der Waals surface area contributed by atoms with Gasteiger partial charge in [0, 0.05) is 28.6 Å². The van der Waals surface area contributed by atoms with Crippen LogP contribution in [-0.4, -0.2) is 21.7 Å². The third-order valence-electron chi connectivity index (χ3n) is 2.11.